The van der Waals surface area contributed by atoms with E-state index in [9.17, 15) is 8.42 Å². The predicted octanol–water partition coefficient (Wildman–Crippen LogP) is 0.442. The molecule has 3 rings (SSSR count). The molecule has 1 fully saturated rings. The lowest BCUT2D eigenvalue weighted by Gasteiger charge is -2.34. The van der Waals surface area contributed by atoms with E-state index >= 15 is 0 Å². The average Bonchev–Trinajstić information content (AvgIpc) is 3.09. The SMILES string of the molecule is CCS(=O)(=O)N1CCN(c2cc(-n3ccnc3)nc(C)n2)CC1. The van der Waals surface area contributed by atoms with E-state index in [1.165, 1.54) is 0 Å². The number of rotatable bonds is 4. The summed E-state index contributed by atoms with van der Waals surface area (Å²) in [7, 11) is -3.12. The molecule has 1 aliphatic heterocycles. The van der Waals surface area contributed by atoms with E-state index in [1.807, 2.05) is 23.8 Å². The van der Waals surface area contributed by atoms with Gasteiger partial charge in [-0.2, -0.15) is 4.31 Å². The van der Waals surface area contributed by atoms with Gasteiger partial charge in [-0.25, -0.2) is 23.4 Å². The Hall–Kier alpha value is -2.00. The van der Waals surface area contributed by atoms with Gasteiger partial charge in [0.25, 0.3) is 0 Å². The van der Waals surface area contributed by atoms with E-state index in [4.69, 9.17) is 0 Å². The van der Waals surface area contributed by atoms with Crippen LogP contribution in [0.15, 0.2) is 24.8 Å². The topological polar surface area (TPSA) is 84.2 Å². The third-order valence-corrected chi connectivity index (χ3v) is 5.78. The summed E-state index contributed by atoms with van der Waals surface area (Å²) in [6.45, 7) is 5.74. The molecular weight excluding hydrogens is 316 g/mol. The van der Waals surface area contributed by atoms with E-state index in [0.29, 0.717) is 32.0 Å². The Morgan fingerprint density at radius 2 is 1.83 bits per heavy atom. The molecule has 0 atom stereocenters. The van der Waals surface area contributed by atoms with Crippen LogP contribution in [0.5, 0.6) is 0 Å². The van der Waals surface area contributed by atoms with Crippen molar-refractivity contribution < 1.29 is 8.42 Å². The van der Waals surface area contributed by atoms with Crippen molar-refractivity contribution in [3.8, 4) is 5.82 Å². The Bertz CT molecular complexity index is 767. The van der Waals surface area contributed by atoms with E-state index in [0.717, 1.165) is 11.6 Å². The molecule has 2 aromatic heterocycles. The molecule has 0 aliphatic carbocycles. The van der Waals surface area contributed by atoms with Gasteiger partial charge in [0.05, 0.1) is 5.75 Å². The molecule has 2 aromatic rings. The number of hydrogen-bond donors (Lipinski definition) is 0. The first-order valence-electron chi connectivity index (χ1n) is 7.56. The molecule has 0 N–H and O–H groups in total. The van der Waals surface area contributed by atoms with E-state index in [-0.39, 0.29) is 5.75 Å². The molecule has 0 saturated carbocycles. The summed E-state index contributed by atoms with van der Waals surface area (Å²) in [6.07, 6.45) is 5.22. The van der Waals surface area contributed by atoms with Crippen molar-refractivity contribution in [1.29, 1.82) is 0 Å². The van der Waals surface area contributed by atoms with Gasteiger partial charge in [-0.1, -0.05) is 0 Å². The monoisotopic (exact) mass is 336 g/mol. The Kier molecular flexibility index (Phi) is 4.31. The van der Waals surface area contributed by atoms with Gasteiger partial charge in [-0.05, 0) is 13.8 Å². The zero-order valence-corrected chi connectivity index (χ0v) is 14.1. The van der Waals surface area contributed by atoms with Crippen LogP contribution in [-0.2, 0) is 10.0 Å². The van der Waals surface area contributed by atoms with Crippen LogP contribution in [0.25, 0.3) is 5.82 Å². The van der Waals surface area contributed by atoms with Gasteiger partial charge >= 0.3 is 0 Å². The molecule has 0 unspecified atom stereocenters. The van der Waals surface area contributed by atoms with E-state index in [2.05, 4.69) is 19.9 Å². The summed E-state index contributed by atoms with van der Waals surface area (Å²) in [5.41, 5.74) is 0. The maximum absolute atomic E-state index is 11.9. The van der Waals surface area contributed by atoms with Crippen LogP contribution in [0.1, 0.15) is 12.7 Å². The second kappa shape index (κ2) is 6.25. The highest BCUT2D eigenvalue weighted by atomic mass is 32.2. The van der Waals surface area contributed by atoms with E-state index in [1.54, 1.807) is 23.8 Å². The maximum atomic E-state index is 11.9. The number of hydrogen-bond acceptors (Lipinski definition) is 6. The predicted molar refractivity (Wildman–Crippen MR) is 87.1 cm³/mol. The largest absolute Gasteiger partial charge is 0.354 e. The summed E-state index contributed by atoms with van der Waals surface area (Å²) >= 11 is 0. The lowest BCUT2D eigenvalue weighted by Crippen LogP contribution is -2.49. The van der Waals surface area contributed by atoms with Crippen molar-refractivity contribution in [1.82, 2.24) is 23.8 Å². The number of sulfonamides is 1. The molecule has 3 heterocycles. The fraction of sp³-hybridized carbons (Fsp3) is 0.500. The first-order chi connectivity index (χ1) is 11.0. The minimum Gasteiger partial charge on any atom is -0.354 e. The smallest absolute Gasteiger partial charge is 0.213 e. The minimum atomic E-state index is -3.12. The van der Waals surface area contributed by atoms with Crippen molar-refractivity contribution >= 4 is 15.8 Å². The number of imidazole rings is 1. The Labute approximate surface area is 135 Å². The van der Waals surface area contributed by atoms with Gasteiger partial charge in [0, 0.05) is 44.6 Å². The highest BCUT2D eigenvalue weighted by Gasteiger charge is 2.26. The van der Waals surface area contributed by atoms with Crippen molar-refractivity contribution in [2.45, 2.75) is 13.8 Å². The summed E-state index contributed by atoms with van der Waals surface area (Å²) in [5.74, 6) is 2.39. The number of nitrogens with zero attached hydrogens (tertiary/aromatic N) is 6. The van der Waals surface area contributed by atoms with Gasteiger partial charge in [0.2, 0.25) is 10.0 Å². The summed E-state index contributed by atoms with van der Waals surface area (Å²) in [6, 6.07) is 1.90. The fourth-order valence-electron chi connectivity index (χ4n) is 2.60. The Morgan fingerprint density at radius 3 is 2.43 bits per heavy atom. The fourth-order valence-corrected chi connectivity index (χ4v) is 3.69. The third kappa shape index (κ3) is 3.35. The van der Waals surface area contributed by atoms with Crippen LogP contribution in [0.4, 0.5) is 5.82 Å². The van der Waals surface area contributed by atoms with Gasteiger partial charge in [-0.15, -0.1) is 0 Å². The average molecular weight is 336 g/mol. The van der Waals surface area contributed by atoms with Crippen molar-refractivity contribution in [3.05, 3.63) is 30.6 Å². The first kappa shape index (κ1) is 15.9. The molecule has 0 radical (unpaired) electrons. The normalized spacial score (nSPS) is 16.7. The highest BCUT2D eigenvalue weighted by Crippen LogP contribution is 2.18. The molecule has 1 aliphatic rings. The molecule has 23 heavy (non-hydrogen) atoms. The minimum absolute atomic E-state index is 0.143. The van der Waals surface area contributed by atoms with Crippen LogP contribution in [-0.4, -0.2) is 64.2 Å². The van der Waals surface area contributed by atoms with Gasteiger partial charge in [0.15, 0.2) is 0 Å². The molecule has 0 amide bonds. The van der Waals surface area contributed by atoms with Crippen LogP contribution in [0.2, 0.25) is 0 Å². The van der Waals surface area contributed by atoms with E-state index < -0.39 is 10.0 Å². The van der Waals surface area contributed by atoms with Crippen molar-refractivity contribution in [2.24, 2.45) is 0 Å². The van der Waals surface area contributed by atoms with Crippen molar-refractivity contribution in [3.63, 3.8) is 0 Å². The number of aryl methyl sites for hydroxylation is 1. The zero-order valence-electron chi connectivity index (χ0n) is 13.3. The maximum Gasteiger partial charge on any atom is 0.213 e. The first-order valence-corrected chi connectivity index (χ1v) is 9.17. The molecule has 0 aromatic carbocycles. The molecule has 9 heteroatoms. The summed E-state index contributed by atoms with van der Waals surface area (Å²) in [5, 5.41) is 0. The molecule has 1 saturated heterocycles. The standard InChI is InChI=1S/C14H20N6O2S/c1-3-23(21,22)20-8-6-18(7-9-20)13-10-14(17-12(2)16-13)19-5-4-15-11-19/h4-5,10-11H,3,6-9H2,1-2H3. The number of aromatic nitrogens is 4. The summed E-state index contributed by atoms with van der Waals surface area (Å²) < 4.78 is 27.2. The van der Waals surface area contributed by atoms with Crippen molar-refractivity contribution in [2.75, 3.05) is 36.8 Å². The summed E-state index contributed by atoms with van der Waals surface area (Å²) in [4.78, 5) is 15.0. The molecule has 0 bridgehead atoms. The number of piperazine rings is 1. The van der Waals surface area contributed by atoms with Gasteiger partial charge in [0.1, 0.15) is 23.8 Å². The van der Waals surface area contributed by atoms with Crippen LogP contribution >= 0.6 is 0 Å². The zero-order chi connectivity index (χ0) is 16.4. The number of anilines is 1. The lowest BCUT2D eigenvalue weighted by atomic mass is 10.3. The second-order valence-corrected chi connectivity index (χ2v) is 7.65. The second-order valence-electron chi connectivity index (χ2n) is 5.39. The molecular formula is C14H20N6O2S. The Morgan fingerprint density at radius 1 is 1.13 bits per heavy atom. The lowest BCUT2D eigenvalue weighted by molar-refractivity contribution is 0.384. The molecule has 8 nitrogen and oxygen atoms in total. The highest BCUT2D eigenvalue weighted by molar-refractivity contribution is 7.89. The third-order valence-electron chi connectivity index (χ3n) is 3.90. The molecule has 0 spiro atoms. The van der Waals surface area contributed by atoms with Gasteiger partial charge in [-0.3, -0.25) is 4.57 Å². The Balaban J connectivity index is 1.79. The van der Waals surface area contributed by atoms with Crippen LogP contribution in [0, 0.1) is 6.92 Å². The van der Waals surface area contributed by atoms with Crippen LogP contribution in [0.3, 0.4) is 0 Å². The van der Waals surface area contributed by atoms with Crippen LogP contribution < -0.4 is 4.90 Å². The quantitative estimate of drug-likeness (QED) is 0.806. The molecule has 124 valence electrons. The van der Waals surface area contributed by atoms with Gasteiger partial charge < -0.3 is 4.90 Å².